The number of fused-ring (bicyclic) bond motifs is 1. The van der Waals surface area contributed by atoms with E-state index in [0.29, 0.717) is 43.5 Å². The molecule has 2 atom stereocenters. The van der Waals surface area contributed by atoms with Gasteiger partial charge in [0.15, 0.2) is 22.6 Å². The van der Waals surface area contributed by atoms with Crippen molar-refractivity contribution in [2.24, 2.45) is 0 Å². The Hall–Kier alpha value is -2.74. The first-order chi connectivity index (χ1) is 21.7. The zero-order chi connectivity index (χ0) is 32.3. The Morgan fingerprint density at radius 1 is 1.18 bits per heavy atom. The number of hydrogen-bond donors (Lipinski definition) is 2. The molecule has 1 spiro atoms. The Balaban J connectivity index is 0.00000196. The Kier molecular flexibility index (Phi) is 10.7. The SMILES string of the molecule is CC.CCC/C(C(=N)c1nc(CCC2CCCN2C)c(F)c(N2CCNC3(CC3)C2)n1)=C(/C)[C@H]1CCCc2sc(F)c(C#N)c21. The van der Waals surface area contributed by atoms with E-state index in [4.69, 9.17) is 9.97 Å². The minimum absolute atomic E-state index is 0.0485. The monoisotopic (exact) mass is 637 g/mol. The van der Waals surface area contributed by atoms with E-state index in [0.717, 1.165) is 104 Å². The van der Waals surface area contributed by atoms with Gasteiger partial charge in [-0.2, -0.15) is 9.65 Å². The van der Waals surface area contributed by atoms with Gasteiger partial charge < -0.3 is 15.1 Å². The molecule has 1 unspecified atom stereocenters. The van der Waals surface area contributed by atoms with Crippen LogP contribution in [0, 0.1) is 27.7 Å². The highest BCUT2D eigenvalue weighted by atomic mass is 32.1. The van der Waals surface area contributed by atoms with Gasteiger partial charge in [0.05, 0.1) is 5.69 Å². The van der Waals surface area contributed by atoms with Crippen LogP contribution in [0.2, 0.25) is 0 Å². The predicted octanol–water partition coefficient (Wildman–Crippen LogP) is 7.29. The van der Waals surface area contributed by atoms with Crippen LogP contribution in [0.1, 0.15) is 119 Å². The van der Waals surface area contributed by atoms with Gasteiger partial charge in [-0.15, -0.1) is 11.3 Å². The average molecular weight is 638 g/mol. The fourth-order valence-electron chi connectivity index (χ4n) is 7.51. The largest absolute Gasteiger partial charge is 0.351 e. The maximum atomic E-state index is 16.2. The molecule has 0 bridgehead atoms. The third-order valence-corrected chi connectivity index (χ3v) is 11.2. The van der Waals surface area contributed by atoms with Crippen molar-refractivity contribution in [2.45, 2.75) is 116 Å². The molecular formula is C35H49F2N7S. The van der Waals surface area contributed by atoms with Gasteiger partial charge in [-0.25, -0.2) is 14.4 Å². The highest BCUT2D eigenvalue weighted by molar-refractivity contribution is 7.10. The molecule has 1 saturated carbocycles. The molecule has 244 valence electrons. The second-order valence-corrected chi connectivity index (χ2v) is 14.1. The molecular weight excluding hydrogens is 588 g/mol. The van der Waals surface area contributed by atoms with Gasteiger partial charge in [0.25, 0.3) is 0 Å². The van der Waals surface area contributed by atoms with Crippen molar-refractivity contribution in [3.05, 3.63) is 49.6 Å². The number of anilines is 1. The summed E-state index contributed by atoms with van der Waals surface area (Å²) < 4.78 is 31.0. The molecule has 45 heavy (non-hydrogen) atoms. The molecule has 2 aliphatic carbocycles. The van der Waals surface area contributed by atoms with Crippen molar-refractivity contribution in [3.63, 3.8) is 0 Å². The molecule has 2 aliphatic heterocycles. The molecule has 4 heterocycles. The van der Waals surface area contributed by atoms with Crippen LogP contribution in [0.4, 0.5) is 14.6 Å². The van der Waals surface area contributed by atoms with E-state index >= 15 is 4.39 Å². The Morgan fingerprint density at radius 2 is 1.96 bits per heavy atom. The predicted molar refractivity (Wildman–Crippen MR) is 179 cm³/mol. The molecule has 7 nitrogen and oxygen atoms in total. The van der Waals surface area contributed by atoms with Crippen LogP contribution in [0.5, 0.6) is 0 Å². The topological polar surface area (TPSA) is 91.9 Å². The number of halogens is 2. The number of nitrogens with one attached hydrogen (secondary N) is 2. The smallest absolute Gasteiger partial charge is 0.194 e. The maximum Gasteiger partial charge on any atom is 0.194 e. The third kappa shape index (κ3) is 6.86. The summed E-state index contributed by atoms with van der Waals surface area (Å²) in [5, 5.41) is 22.4. The number of nitrogens with zero attached hydrogens (tertiary/aromatic N) is 5. The summed E-state index contributed by atoms with van der Waals surface area (Å²) >= 11 is 1.09. The van der Waals surface area contributed by atoms with Crippen molar-refractivity contribution in [2.75, 3.05) is 38.1 Å². The number of thiophene rings is 1. The van der Waals surface area contributed by atoms with Gasteiger partial charge in [0.1, 0.15) is 17.3 Å². The second-order valence-electron chi connectivity index (χ2n) is 13.0. The van der Waals surface area contributed by atoms with Crippen LogP contribution in [0.25, 0.3) is 0 Å². The average Bonchev–Trinajstić information content (AvgIpc) is 3.51. The molecule has 0 aromatic carbocycles. The number of rotatable bonds is 9. The summed E-state index contributed by atoms with van der Waals surface area (Å²) in [7, 11) is 2.13. The summed E-state index contributed by atoms with van der Waals surface area (Å²) in [5.74, 6) is 0.112. The molecule has 0 radical (unpaired) electrons. The summed E-state index contributed by atoms with van der Waals surface area (Å²) in [6.07, 6.45) is 9.71. The van der Waals surface area contributed by atoms with Gasteiger partial charge in [0.2, 0.25) is 0 Å². The number of allylic oxidation sites excluding steroid dienone is 2. The van der Waals surface area contributed by atoms with Crippen molar-refractivity contribution < 1.29 is 8.78 Å². The lowest BCUT2D eigenvalue weighted by molar-refractivity contribution is 0.295. The van der Waals surface area contributed by atoms with E-state index in [1.54, 1.807) is 0 Å². The Bertz CT molecular complexity index is 1470. The molecule has 4 aliphatic rings. The maximum absolute atomic E-state index is 16.2. The van der Waals surface area contributed by atoms with Crippen LogP contribution in [0.15, 0.2) is 11.1 Å². The van der Waals surface area contributed by atoms with E-state index in [-0.39, 0.29) is 34.4 Å². The molecule has 3 fully saturated rings. The number of nitriles is 1. The van der Waals surface area contributed by atoms with E-state index in [1.165, 1.54) is 0 Å². The van der Waals surface area contributed by atoms with Crippen LogP contribution in [0.3, 0.4) is 0 Å². The molecule has 2 saturated heterocycles. The fraction of sp³-hybridized carbons (Fsp3) is 0.657. The normalized spacial score (nSPS) is 22.8. The molecule has 0 amide bonds. The number of likely N-dealkylation sites (tertiary alicyclic amines) is 1. The zero-order valence-corrected chi connectivity index (χ0v) is 28.5. The van der Waals surface area contributed by atoms with Crippen LogP contribution >= 0.6 is 11.3 Å². The number of piperazine rings is 1. The Labute approximate surface area is 271 Å². The van der Waals surface area contributed by atoms with Gasteiger partial charge in [-0.05, 0) is 95.9 Å². The van der Waals surface area contributed by atoms with E-state index in [2.05, 4.69) is 35.2 Å². The lowest BCUT2D eigenvalue weighted by Gasteiger charge is -2.35. The van der Waals surface area contributed by atoms with Gasteiger partial charge in [-0.1, -0.05) is 32.8 Å². The Morgan fingerprint density at radius 3 is 2.62 bits per heavy atom. The zero-order valence-electron chi connectivity index (χ0n) is 27.7. The highest BCUT2D eigenvalue weighted by Gasteiger charge is 2.46. The van der Waals surface area contributed by atoms with Crippen molar-refractivity contribution >= 4 is 22.9 Å². The summed E-state index contributed by atoms with van der Waals surface area (Å²) in [4.78, 5) is 14.9. The van der Waals surface area contributed by atoms with E-state index < -0.39 is 5.13 Å². The first kappa shape index (κ1) is 33.6. The first-order valence-corrected chi connectivity index (χ1v) is 17.8. The number of aromatic nitrogens is 2. The standard InChI is InChI=1S/C33H43F2N7S.C2H6/c1-4-7-23(20(2)22-9-5-10-26-27(22)24(18-36)30(35)43-26)29(37)31-39-25(12-11-21-8-6-16-41(21)3)28(34)32(40-31)42-17-15-38-33(19-42)13-14-33;1-2/h21-22,37-38H,4-17,19H2,1-3H3;1-2H3/b23-20+,37-29?;/t21?,22-;/m1./s1. The van der Waals surface area contributed by atoms with Crippen molar-refractivity contribution in [1.29, 1.82) is 10.7 Å². The fourth-order valence-corrected chi connectivity index (χ4v) is 8.59. The molecule has 6 rings (SSSR count). The van der Waals surface area contributed by atoms with Crippen LogP contribution in [-0.4, -0.2) is 65.4 Å². The number of hydrogen-bond acceptors (Lipinski definition) is 8. The van der Waals surface area contributed by atoms with Crippen LogP contribution < -0.4 is 10.2 Å². The molecule has 2 aromatic rings. The highest BCUT2D eigenvalue weighted by Crippen LogP contribution is 2.45. The van der Waals surface area contributed by atoms with E-state index in [1.807, 2.05) is 20.8 Å². The van der Waals surface area contributed by atoms with Gasteiger partial charge in [-0.3, -0.25) is 5.41 Å². The lowest BCUT2D eigenvalue weighted by Crippen LogP contribution is -2.53. The quantitative estimate of drug-likeness (QED) is 0.281. The van der Waals surface area contributed by atoms with Gasteiger partial charge in [0, 0.05) is 42.0 Å². The molecule has 2 N–H and O–H groups in total. The minimum Gasteiger partial charge on any atom is -0.351 e. The lowest BCUT2D eigenvalue weighted by atomic mass is 9.78. The minimum atomic E-state index is -0.409. The second kappa shape index (κ2) is 14.4. The van der Waals surface area contributed by atoms with Gasteiger partial charge >= 0.3 is 0 Å². The summed E-state index contributed by atoms with van der Waals surface area (Å²) in [6, 6.07) is 2.52. The summed E-state index contributed by atoms with van der Waals surface area (Å²) in [5.41, 5.74) is 3.42. The molecule has 10 heteroatoms. The first-order valence-electron chi connectivity index (χ1n) is 17.0. The number of aryl methyl sites for hydroxylation is 2. The van der Waals surface area contributed by atoms with Crippen molar-refractivity contribution in [1.82, 2.24) is 20.2 Å². The summed E-state index contributed by atoms with van der Waals surface area (Å²) in [6.45, 7) is 11.3. The van der Waals surface area contributed by atoms with E-state index in [9.17, 15) is 15.1 Å². The third-order valence-electron chi connectivity index (χ3n) is 10.2. The molecule has 2 aromatic heterocycles. The van der Waals surface area contributed by atoms with Crippen molar-refractivity contribution in [3.8, 4) is 6.07 Å². The van der Waals surface area contributed by atoms with Crippen LogP contribution in [-0.2, 0) is 12.8 Å².